The fourth-order valence-electron chi connectivity index (χ4n) is 0.912. The van der Waals surface area contributed by atoms with Crippen LogP contribution in [0.25, 0.3) is 0 Å². The molecule has 0 saturated heterocycles. The van der Waals surface area contributed by atoms with E-state index in [9.17, 15) is 4.79 Å². The Bertz CT molecular complexity index is 160. The minimum atomic E-state index is 0.0631. The number of ether oxygens (including phenoxy) is 1. The average molecular weight is 200 g/mol. The van der Waals surface area contributed by atoms with Crippen molar-refractivity contribution in [1.29, 1.82) is 0 Å². The average Bonchev–Trinajstić information content (AvgIpc) is 2.18. The molecule has 0 saturated carbocycles. The Kier molecular flexibility index (Phi) is 9.58. The molecule has 2 N–H and O–H groups in total. The van der Waals surface area contributed by atoms with Crippen molar-refractivity contribution < 1.29 is 9.53 Å². The highest BCUT2D eigenvalue weighted by Crippen LogP contribution is 1.79. The molecule has 0 heterocycles. The smallest absolute Gasteiger partial charge is 0.221 e. The van der Waals surface area contributed by atoms with E-state index in [1.807, 2.05) is 6.08 Å². The monoisotopic (exact) mass is 200 g/mol. The van der Waals surface area contributed by atoms with Gasteiger partial charge in [0.25, 0.3) is 0 Å². The molecule has 0 atom stereocenters. The van der Waals surface area contributed by atoms with Crippen molar-refractivity contribution >= 4 is 5.91 Å². The fraction of sp³-hybridized carbons (Fsp3) is 0.700. The number of carbonyl (C=O) groups excluding carboxylic acids is 1. The second-order valence-corrected chi connectivity index (χ2v) is 2.92. The third-order valence-corrected chi connectivity index (χ3v) is 1.68. The van der Waals surface area contributed by atoms with Crippen molar-refractivity contribution in [1.82, 2.24) is 10.6 Å². The van der Waals surface area contributed by atoms with Crippen LogP contribution in [0.3, 0.4) is 0 Å². The molecule has 0 aliphatic rings. The molecule has 0 aliphatic carbocycles. The Morgan fingerprint density at radius 3 is 2.86 bits per heavy atom. The molecule has 4 heteroatoms. The van der Waals surface area contributed by atoms with Crippen LogP contribution in [0.15, 0.2) is 12.7 Å². The van der Waals surface area contributed by atoms with Crippen LogP contribution in [0.2, 0.25) is 0 Å². The Morgan fingerprint density at radius 2 is 2.21 bits per heavy atom. The number of hydrogen-bond donors (Lipinski definition) is 2. The van der Waals surface area contributed by atoms with Crippen LogP contribution < -0.4 is 10.6 Å². The highest BCUT2D eigenvalue weighted by Gasteiger charge is 1.98. The summed E-state index contributed by atoms with van der Waals surface area (Å²) < 4.78 is 4.81. The first-order chi connectivity index (χ1) is 6.81. The Balaban J connectivity index is 3.14. The first kappa shape index (κ1) is 13.1. The summed E-state index contributed by atoms with van der Waals surface area (Å²) in [6.45, 7) is 6.36. The number of methoxy groups -OCH3 is 1. The van der Waals surface area contributed by atoms with Gasteiger partial charge in [0.15, 0.2) is 0 Å². The van der Waals surface area contributed by atoms with E-state index >= 15 is 0 Å². The van der Waals surface area contributed by atoms with Crippen LogP contribution >= 0.6 is 0 Å². The van der Waals surface area contributed by atoms with Crippen LogP contribution in [0.5, 0.6) is 0 Å². The van der Waals surface area contributed by atoms with E-state index in [2.05, 4.69) is 17.2 Å². The topological polar surface area (TPSA) is 50.4 Å². The van der Waals surface area contributed by atoms with Gasteiger partial charge >= 0.3 is 0 Å². The van der Waals surface area contributed by atoms with Gasteiger partial charge in [-0.1, -0.05) is 6.08 Å². The quantitative estimate of drug-likeness (QED) is 0.416. The molecule has 14 heavy (non-hydrogen) atoms. The van der Waals surface area contributed by atoms with Crippen molar-refractivity contribution in [3.8, 4) is 0 Å². The summed E-state index contributed by atoms with van der Waals surface area (Å²) in [5.41, 5.74) is 0. The maximum atomic E-state index is 11.1. The Morgan fingerprint density at radius 1 is 1.43 bits per heavy atom. The Hall–Kier alpha value is -0.870. The van der Waals surface area contributed by atoms with Crippen LogP contribution in [0.1, 0.15) is 12.8 Å². The summed E-state index contributed by atoms with van der Waals surface area (Å²) in [7, 11) is 1.61. The van der Waals surface area contributed by atoms with Crippen LogP contribution in [-0.4, -0.2) is 39.3 Å². The van der Waals surface area contributed by atoms with Crippen molar-refractivity contribution in [2.75, 3.05) is 33.4 Å². The predicted octanol–water partition coefficient (Wildman–Crippen LogP) is 0.305. The highest BCUT2D eigenvalue weighted by atomic mass is 16.5. The minimum Gasteiger partial charge on any atom is -0.383 e. The number of carbonyl (C=O) groups is 1. The molecule has 82 valence electrons. The first-order valence-electron chi connectivity index (χ1n) is 4.88. The molecule has 0 aromatic heterocycles. The van der Waals surface area contributed by atoms with Gasteiger partial charge in [0, 0.05) is 26.6 Å². The zero-order chi connectivity index (χ0) is 10.6. The zero-order valence-electron chi connectivity index (χ0n) is 8.84. The zero-order valence-corrected chi connectivity index (χ0v) is 8.84. The maximum absolute atomic E-state index is 11.1. The molecule has 0 aromatic rings. The van der Waals surface area contributed by atoms with E-state index in [0.29, 0.717) is 26.1 Å². The van der Waals surface area contributed by atoms with Crippen molar-refractivity contribution in [3.63, 3.8) is 0 Å². The maximum Gasteiger partial charge on any atom is 0.221 e. The van der Waals surface area contributed by atoms with Gasteiger partial charge in [-0.25, -0.2) is 0 Å². The first-order valence-corrected chi connectivity index (χ1v) is 4.88. The molecule has 4 nitrogen and oxygen atoms in total. The number of nitrogens with one attached hydrogen (secondary N) is 2. The second kappa shape index (κ2) is 10.2. The molecule has 0 rings (SSSR count). The molecule has 1 amide bonds. The lowest BCUT2D eigenvalue weighted by Gasteiger charge is -2.04. The lowest BCUT2D eigenvalue weighted by molar-refractivity contribution is -0.121. The number of amides is 1. The molecule has 0 unspecified atom stereocenters. The standard InChI is InChI=1S/C10H20N2O2/c1-3-4-6-11-7-5-10(13)12-8-9-14-2/h3,11H,1,4-9H2,2H3,(H,12,13). The minimum absolute atomic E-state index is 0.0631. The summed E-state index contributed by atoms with van der Waals surface area (Å²) >= 11 is 0. The van der Waals surface area contributed by atoms with Crippen LogP contribution in [0, 0.1) is 0 Å². The van der Waals surface area contributed by atoms with Gasteiger partial charge < -0.3 is 15.4 Å². The fourth-order valence-corrected chi connectivity index (χ4v) is 0.912. The van der Waals surface area contributed by atoms with Gasteiger partial charge in [-0.05, 0) is 13.0 Å². The lowest BCUT2D eigenvalue weighted by Crippen LogP contribution is -2.30. The summed E-state index contributed by atoms with van der Waals surface area (Å²) in [5, 5.41) is 5.89. The van der Waals surface area contributed by atoms with Crippen LogP contribution in [-0.2, 0) is 9.53 Å². The third-order valence-electron chi connectivity index (χ3n) is 1.68. The van der Waals surface area contributed by atoms with Gasteiger partial charge in [-0.2, -0.15) is 0 Å². The summed E-state index contributed by atoms with van der Waals surface area (Å²) in [5.74, 6) is 0.0631. The van der Waals surface area contributed by atoms with E-state index in [1.54, 1.807) is 7.11 Å². The van der Waals surface area contributed by atoms with Crippen molar-refractivity contribution in [3.05, 3.63) is 12.7 Å². The second-order valence-electron chi connectivity index (χ2n) is 2.92. The molecule has 0 fully saturated rings. The SMILES string of the molecule is C=CCCNCCC(=O)NCCOC. The largest absolute Gasteiger partial charge is 0.383 e. The third kappa shape index (κ3) is 9.22. The van der Waals surface area contributed by atoms with E-state index in [4.69, 9.17) is 4.74 Å². The van der Waals surface area contributed by atoms with Gasteiger partial charge in [0.1, 0.15) is 0 Å². The molecule has 0 radical (unpaired) electrons. The summed E-state index contributed by atoms with van der Waals surface area (Å²) in [4.78, 5) is 11.1. The van der Waals surface area contributed by atoms with Crippen LogP contribution in [0.4, 0.5) is 0 Å². The van der Waals surface area contributed by atoms with E-state index in [1.165, 1.54) is 0 Å². The summed E-state index contributed by atoms with van der Waals surface area (Å²) in [6.07, 6.45) is 3.30. The van der Waals surface area contributed by atoms with Gasteiger partial charge in [-0.3, -0.25) is 4.79 Å². The predicted molar refractivity (Wildman–Crippen MR) is 57.2 cm³/mol. The highest BCUT2D eigenvalue weighted by molar-refractivity contribution is 5.75. The lowest BCUT2D eigenvalue weighted by atomic mass is 10.3. The molecular weight excluding hydrogens is 180 g/mol. The molecular formula is C10H20N2O2. The van der Waals surface area contributed by atoms with Gasteiger partial charge in [-0.15, -0.1) is 6.58 Å². The molecule has 0 spiro atoms. The van der Waals surface area contributed by atoms with E-state index in [-0.39, 0.29) is 5.91 Å². The van der Waals surface area contributed by atoms with E-state index < -0.39 is 0 Å². The number of hydrogen-bond acceptors (Lipinski definition) is 3. The number of rotatable bonds is 9. The van der Waals surface area contributed by atoms with Crippen molar-refractivity contribution in [2.24, 2.45) is 0 Å². The summed E-state index contributed by atoms with van der Waals surface area (Å²) in [6, 6.07) is 0. The molecule has 0 aromatic carbocycles. The van der Waals surface area contributed by atoms with Crippen molar-refractivity contribution in [2.45, 2.75) is 12.8 Å². The Labute approximate surface area is 85.7 Å². The van der Waals surface area contributed by atoms with E-state index in [0.717, 1.165) is 13.0 Å². The normalized spacial score (nSPS) is 9.79. The molecule has 0 aliphatic heterocycles. The van der Waals surface area contributed by atoms with Gasteiger partial charge in [0.05, 0.1) is 6.61 Å². The van der Waals surface area contributed by atoms with Gasteiger partial charge in [0.2, 0.25) is 5.91 Å². The molecule has 0 bridgehead atoms.